The average molecular weight is 275 g/mol. The lowest BCUT2D eigenvalue weighted by molar-refractivity contribution is 0.103. The molecule has 0 bridgehead atoms. The molecule has 0 aliphatic rings. The Balaban J connectivity index is 2.41. The molecule has 2 rings (SSSR count). The van der Waals surface area contributed by atoms with Gasteiger partial charge < -0.3 is 4.74 Å². The Labute approximate surface area is 118 Å². The molecule has 0 aliphatic heterocycles. The molecule has 19 heavy (non-hydrogen) atoms. The molecule has 98 valence electrons. The SMILES string of the molecule is COc1ccc(C(=O)c2ccc(Cl)cc2C)cc1C. The Morgan fingerprint density at radius 3 is 2.37 bits per heavy atom. The second kappa shape index (κ2) is 5.45. The third-order valence-corrected chi connectivity index (χ3v) is 3.33. The summed E-state index contributed by atoms with van der Waals surface area (Å²) in [4.78, 5) is 12.4. The number of carbonyl (C=O) groups is 1. The smallest absolute Gasteiger partial charge is 0.193 e. The van der Waals surface area contributed by atoms with Crippen LogP contribution in [0.15, 0.2) is 36.4 Å². The molecule has 0 amide bonds. The van der Waals surface area contributed by atoms with Gasteiger partial charge in [-0.1, -0.05) is 11.6 Å². The van der Waals surface area contributed by atoms with Gasteiger partial charge in [-0.15, -0.1) is 0 Å². The number of carbonyl (C=O) groups excluding carboxylic acids is 1. The van der Waals surface area contributed by atoms with Crippen LogP contribution < -0.4 is 4.74 Å². The maximum Gasteiger partial charge on any atom is 0.193 e. The van der Waals surface area contributed by atoms with E-state index in [4.69, 9.17) is 16.3 Å². The van der Waals surface area contributed by atoms with Crippen molar-refractivity contribution in [3.63, 3.8) is 0 Å². The zero-order valence-corrected chi connectivity index (χ0v) is 11.9. The first-order valence-electron chi connectivity index (χ1n) is 5.98. The van der Waals surface area contributed by atoms with Crippen molar-refractivity contribution in [1.82, 2.24) is 0 Å². The molecule has 0 heterocycles. The van der Waals surface area contributed by atoms with Gasteiger partial charge in [0.05, 0.1) is 7.11 Å². The monoisotopic (exact) mass is 274 g/mol. The Kier molecular flexibility index (Phi) is 3.91. The van der Waals surface area contributed by atoms with Crippen molar-refractivity contribution < 1.29 is 9.53 Å². The van der Waals surface area contributed by atoms with Crippen LogP contribution in [0.2, 0.25) is 5.02 Å². The van der Waals surface area contributed by atoms with Gasteiger partial charge in [-0.05, 0) is 61.4 Å². The topological polar surface area (TPSA) is 26.3 Å². The molecule has 0 unspecified atom stereocenters. The third kappa shape index (κ3) is 2.79. The Hall–Kier alpha value is -1.80. The lowest BCUT2D eigenvalue weighted by atomic mass is 9.98. The van der Waals surface area contributed by atoms with Gasteiger partial charge in [-0.25, -0.2) is 0 Å². The molecule has 2 aromatic carbocycles. The molecule has 2 aromatic rings. The number of halogens is 1. The van der Waals surface area contributed by atoms with E-state index in [1.807, 2.05) is 26.0 Å². The predicted molar refractivity (Wildman–Crippen MR) is 77.4 cm³/mol. The van der Waals surface area contributed by atoms with Crippen LogP contribution in [0.3, 0.4) is 0 Å². The molecule has 0 atom stereocenters. The standard InChI is InChI=1S/C16H15ClO2/c1-10-9-13(17)5-6-14(10)16(18)12-4-7-15(19-3)11(2)8-12/h4-9H,1-3H3. The fraction of sp³-hybridized carbons (Fsp3) is 0.188. The van der Waals surface area contributed by atoms with Crippen LogP contribution in [0.4, 0.5) is 0 Å². The summed E-state index contributed by atoms with van der Waals surface area (Å²) < 4.78 is 5.20. The first-order chi connectivity index (χ1) is 9.02. The highest BCUT2D eigenvalue weighted by molar-refractivity contribution is 6.30. The molecule has 0 fully saturated rings. The number of ether oxygens (including phenoxy) is 1. The molecule has 0 N–H and O–H groups in total. The zero-order valence-electron chi connectivity index (χ0n) is 11.2. The Morgan fingerprint density at radius 2 is 1.79 bits per heavy atom. The van der Waals surface area contributed by atoms with Gasteiger partial charge >= 0.3 is 0 Å². The highest BCUT2D eigenvalue weighted by Gasteiger charge is 2.13. The van der Waals surface area contributed by atoms with Crippen LogP contribution in [0.5, 0.6) is 5.75 Å². The number of methoxy groups -OCH3 is 1. The minimum atomic E-state index is -0.0000743. The van der Waals surface area contributed by atoms with Gasteiger partial charge in [0, 0.05) is 16.1 Å². The lowest BCUT2D eigenvalue weighted by Crippen LogP contribution is -2.04. The van der Waals surface area contributed by atoms with E-state index in [2.05, 4.69) is 0 Å². The van der Waals surface area contributed by atoms with E-state index in [1.54, 1.807) is 31.4 Å². The molecule has 0 radical (unpaired) electrons. The largest absolute Gasteiger partial charge is 0.496 e. The van der Waals surface area contributed by atoms with Crippen LogP contribution >= 0.6 is 11.6 Å². The zero-order chi connectivity index (χ0) is 14.0. The number of benzene rings is 2. The Bertz CT molecular complexity index is 633. The highest BCUT2D eigenvalue weighted by atomic mass is 35.5. The average Bonchev–Trinajstić information content (AvgIpc) is 2.38. The Morgan fingerprint density at radius 1 is 1.05 bits per heavy atom. The van der Waals surface area contributed by atoms with Crippen LogP contribution in [0, 0.1) is 13.8 Å². The summed E-state index contributed by atoms with van der Waals surface area (Å²) in [5.41, 5.74) is 3.16. The summed E-state index contributed by atoms with van der Waals surface area (Å²) in [5, 5.41) is 0.639. The number of rotatable bonds is 3. The number of hydrogen-bond acceptors (Lipinski definition) is 2. The molecular weight excluding hydrogens is 260 g/mol. The molecule has 0 aliphatic carbocycles. The van der Waals surface area contributed by atoms with Crippen LogP contribution in [0.25, 0.3) is 0 Å². The second-order valence-electron chi connectivity index (χ2n) is 4.47. The van der Waals surface area contributed by atoms with E-state index in [0.717, 1.165) is 16.9 Å². The summed E-state index contributed by atoms with van der Waals surface area (Å²) in [5.74, 6) is 0.782. The quantitative estimate of drug-likeness (QED) is 0.784. The minimum Gasteiger partial charge on any atom is -0.496 e. The predicted octanol–water partition coefficient (Wildman–Crippen LogP) is 4.20. The first kappa shape index (κ1) is 13.6. The van der Waals surface area contributed by atoms with Crippen molar-refractivity contribution in [2.75, 3.05) is 7.11 Å². The van der Waals surface area contributed by atoms with Gasteiger partial charge in [0.2, 0.25) is 0 Å². The van der Waals surface area contributed by atoms with E-state index in [1.165, 1.54) is 0 Å². The lowest BCUT2D eigenvalue weighted by Gasteiger charge is -2.08. The van der Waals surface area contributed by atoms with Gasteiger partial charge in [0.1, 0.15) is 5.75 Å². The molecule has 3 heteroatoms. The van der Waals surface area contributed by atoms with E-state index in [9.17, 15) is 4.79 Å². The first-order valence-corrected chi connectivity index (χ1v) is 6.36. The fourth-order valence-corrected chi connectivity index (χ4v) is 2.28. The molecule has 0 spiro atoms. The van der Waals surface area contributed by atoms with Crippen molar-refractivity contribution in [3.05, 3.63) is 63.7 Å². The van der Waals surface area contributed by atoms with Crippen molar-refractivity contribution in [2.24, 2.45) is 0 Å². The fourth-order valence-electron chi connectivity index (χ4n) is 2.06. The normalized spacial score (nSPS) is 10.3. The van der Waals surface area contributed by atoms with E-state index < -0.39 is 0 Å². The van der Waals surface area contributed by atoms with E-state index in [0.29, 0.717) is 16.1 Å². The minimum absolute atomic E-state index is 0.0000743. The molecule has 2 nitrogen and oxygen atoms in total. The summed E-state index contributed by atoms with van der Waals surface area (Å²) in [6.07, 6.45) is 0. The van der Waals surface area contributed by atoms with Gasteiger partial charge in [-0.3, -0.25) is 4.79 Å². The second-order valence-corrected chi connectivity index (χ2v) is 4.91. The number of ketones is 1. The third-order valence-electron chi connectivity index (χ3n) is 3.09. The summed E-state index contributed by atoms with van der Waals surface area (Å²) in [7, 11) is 1.62. The van der Waals surface area contributed by atoms with Gasteiger partial charge in [-0.2, -0.15) is 0 Å². The van der Waals surface area contributed by atoms with Gasteiger partial charge in [0.25, 0.3) is 0 Å². The summed E-state index contributed by atoms with van der Waals surface area (Å²) in [6.45, 7) is 3.81. The van der Waals surface area contributed by atoms with Crippen molar-refractivity contribution in [1.29, 1.82) is 0 Å². The summed E-state index contributed by atoms with van der Waals surface area (Å²) >= 11 is 5.90. The number of aryl methyl sites for hydroxylation is 2. The van der Waals surface area contributed by atoms with Gasteiger partial charge in [0.15, 0.2) is 5.78 Å². The molecule has 0 aromatic heterocycles. The molecule has 0 saturated heterocycles. The van der Waals surface area contributed by atoms with E-state index >= 15 is 0 Å². The van der Waals surface area contributed by atoms with E-state index in [-0.39, 0.29) is 5.78 Å². The number of hydrogen-bond donors (Lipinski definition) is 0. The van der Waals surface area contributed by atoms with Crippen LogP contribution in [0.1, 0.15) is 27.0 Å². The maximum atomic E-state index is 12.4. The molecule has 0 saturated carbocycles. The van der Waals surface area contributed by atoms with Crippen molar-refractivity contribution >= 4 is 17.4 Å². The molecular formula is C16H15ClO2. The van der Waals surface area contributed by atoms with Crippen molar-refractivity contribution in [3.8, 4) is 5.75 Å². The van der Waals surface area contributed by atoms with Crippen molar-refractivity contribution in [2.45, 2.75) is 13.8 Å². The maximum absolute atomic E-state index is 12.4. The van der Waals surface area contributed by atoms with Crippen LogP contribution in [-0.2, 0) is 0 Å². The van der Waals surface area contributed by atoms with Crippen LogP contribution in [-0.4, -0.2) is 12.9 Å². The summed E-state index contributed by atoms with van der Waals surface area (Å²) in [6, 6.07) is 10.7. The highest BCUT2D eigenvalue weighted by Crippen LogP contribution is 2.22.